The number of aryl methyl sites for hydroxylation is 2. The minimum absolute atomic E-state index is 0.120. The van der Waals surface area contributed by atoms with Crippen molar-refractivity contribution in [1.29, 1.82) is 0 Å². The van der Waals surface area contributed by atoms with Crippen molar-refractivity contribution < 1.29 is 9.53 Å². The first kappa shape index (κ1) is 23.1. The van der Waals surface area contributed by atoms with E-state index in [1.54, 1.807) is 0 Å². The first-order valence-electron chi connectivity index (χ1n) is 12.7. The second kappa shape index (κ2) is 9.50. The third-order valence-electron chi connectivity index (χ3n) is 7.67. The molecule has 5 rings (SSSR count). The number of nitrogens with one attached hydrogen (secondary N) is 2. The molecule has 1 aliphatic heterocycles. The molecule has 1 aromatic carbocycles. The number of benzene rings is 1. The van der Waals surface area contributed by atoms with Crippen molar-refractivity contribution >= 4 is 22.6 Å². The number of imidazole rings is 1. The summed E-state index contributed by atoms with van der Waals surface area (Å²) in [6.07, 6.45) is 4.52. The molecule has 1 fully saturated rings. The predicted molar refractivity (Wildman–Crippen MR) is 134 cm³/mol. The van der Waals surface area contributed by atoms with E-state index in [9.17, 15) is 4.79 Å². The highest BCUT2D eigenvalue weighted by molar-refractivity contribution is 5.99. The van der Waals surface area contributed by atoms with Crippen molar-refractivity contribution in [1.82, 2.24) is 25.1 Å². The second-order valence-corrected chi connectivity index (χ2v) is 9.69. The summed E-state index contributed by atoms with van der Waals surface area (Å²) in [6, 6.07) is 3.96. The van der Waals surface area contributed by atoms with Gasteiger partial charge < -0.3 is 14.6 Å². The molecule has 1 aliphatic carbocycles. The second-order valence-electron chi connectivity index (χ2n) is 9.69. The van der Waals surface area contributed by atoms with Crippen molar-refractivity contribution in [3.8, 4) is 11.5 Å². The molecule has 2 aromatic heterocycles. The fraction of sp³-hybridized carbons (Fsp3) is 0.577. The number of hydrogen-bond donors (Lipinski definition) is 2. The van der Waals surface area contributed by atoms with Crippen molar-refractivity contribution in [3.05, 3.63) is 29.0 Å². The van der Waals surface area contributed by atoms with Gasteiger partial charge >= 0.3 is 0 Å². The lowest BCUT2D eigenvalue weighted by Gasteiger charge is -2.34. The van der Waals surface area contributed by atoms with Crippen molar-refractivity contribution in [2.24, 2.45) is 5.92 Å². The number of morpholine rings is 1. The molecule has 8 nitrogen and oxygen atoms in total. The van der Waals surface area contributed by atoms with Crippen LogP contribution in [-0.4, -0.2) is 69.9 Å². The third-order valence-corrected chi connectivity index (χ3v) is 7.67. The SMILES string of the molecule is CC[C@H]1CCc2[nH]nc(-c3nc4cc(N(CC)C(=O)[C@H](C)N5CCOCC5)c(C)cc4[nH]3)c2C1. The zero-order valence-corrected chi connectivity index (χ0v) is 20.8. The smallest absolute Gasteiger partial charge is 0.244 e. The molecule has 0 bridgehead atoms. The number of amides is 1. The van der Waals surface area contributed by atoms with E-state index in [1.165, 1.54) is 24.1 Å². The normalized spacial score (nSPS) is 19.8. The number of carbonyl (C=O) groups excluding carboxylic acids is 1. The maximum absolute atomic E-state index is 13.5. The summed E-state index contributed by atoms with van der Waals surface area (Å²) in [4.78, 5) is 26.0. The lowest BCUT2D eigenvalue weighted by Crippen LogP contribution is -2.51. The van der Waals surface area contributed by atoms with Crippen molar-refractivity contribution in [2.75, 3.05) is 37.7 Å². The Morgan fingerprint density at radius 2 is 2.09 bits per heavy atom. The van der Waals surface area contributed by atoms with Crippen LogP contribution in [-0.2, 0) is 22.4 Å². The molecule has 0 spiro atoms. The number of aromatic amines is 2. The molecule has 0 radical (unpaired) electrons. The van der Waals surface area contributed by atoms with Crippen LogP contribution in [0.2, 0.25) is 0 Å². The quantitative estimate of drug-likeness (QED) is 0.578. The number of aromatic nitrogens is 4. The number of likely N-dealkylation sites (N-methyl/N-ethyl adjacent to an activating group) is 1. The number of anilines is 1. The molecule has 2 aliphatic rings. The van der Waals surface area contributed by atoms with Crippen LogP contribution in [0.25, 0.3) is 22.6 Å². The Kier molecular flexibility index (Phi) is 6.44. The number of ether oxygens (including phenoxy) is 1. The Balaban J connectivity index is 1.45. The van der Waals surface area contributed by atoms with Gasteiger partial charge in [-0.15, -0.1) is 0 Å². The summed E-state index contributed by atoms with van der Waals surface area (Å²) >= 11 is 0. The number of H-pyrrole nitrogens is 2. The highest BCUT2D eigenvalue weighted by atomic mass is 16.5. The molecule has 0 unspecified atom stereocenters. The molecule has 1 saturated heterocycles. The molecular formula is C26H36N6O2. The number of carbonyl (C=O) groups is 1. The van der Waals surface area contributed by atoms with Gasteiger partial charge in [-0.3, -0.25) is 14.8 Å². The van der Waals surface area contributed by atoms with Crippen molar-refractivity contribution in [3.63, 3.8) is 0 Å². The molecule has 1 amide bonds. The third kappa shape index (κ3) is 4.14. The van der Waals surface area contributed by atoms with Crippen LogP contribution in [0, 0.1) is 12.8 Å². The van der Waals surface area contributed by atoms with E-state index in [2.05, 4.69) is 40.0 Å². The Morgan fingerprint density at radius 3 is 2.82 bits per heavy atom. The summed E-state index contributed by atoms with van der Waals surface area (Å²) in [5.74, 6) is 1.63. The Hall–Kier alpha value is -2.71. The Morgan fingerprint density at radius 1 is 1.29 bits per heavy atom. The van der Waals surface area contributed by atoms with Gasteiger partial charge in [0.15, 0.2) is 5.82 Å². The van der Waals surface area contributed by atoms with Gasteiger partial charge in [0.25, 0.3) is 0 Å². The fourth-order valence-electron chi connectivity index (χ4n) is 5.46. The minimum Gasteiger partial charge on any atom is -0.379 e. The van der Waals surface area contributed by atoms with Gasteiger partial charge in [0, 0.05) is 36.6 Å². The number of fused-ring (bicyclic) bond motifs is 2. The predicted octanol–water partition coefficient (Wildman–Crippen LogP) is 3.85. The van der Waals surface area contributed by atoms with Crippen molar-refractivity contribution in [2.45, 2.75) is 59.4 Å². The molecule has 3 heterocycles. The molecule has 34 heavy (non-hydrogen) atoms. The molecule has 0 saturated carbocycles. The summed E-state index contributed by atoms with van der Waals surface area (Å²) in [5.41, 5.74) is 7.31. The minimum atomic E-state index is -0.184. The van der Waals surface area contributed by atoms with Gasteiger partial charge in [0.1, 0.15) is 5.69 Å². The summed E-state index contributed by atoms with van der Waals surface area (Å²) < 4.78 is 5.46. The molecule has 2 N–H and O–H groups in total. The molecular weight excluding hydrogens is 428 g/mol. The zero-order chi connectivity index (χ0) is 23.8. The van der Waals surface area contributed by atoms with Crippen LogP contribution in [0.1, 0.15) is 50.4 Å². The maximum atomic E-state index is 13.5. The van der Waals surface area contributed by atoms with Gasteiger partial charge in [-0.2, -0.15) is 5.10 Å². The van der Waals surface area contributed by atoms with Crippen LogP contribution in [0.15, 0.2) is 12.1 Å². The summed E-state index contributed by atoms with van der Waals surface area (Å²) in [5, 5.41) is 7.88. The van der Waals surface area contributed by atoms with E-state index in [-0.39, 0.29) is 11.9 Å². The lowest BCUT2D eigenvalue weighted by atomic mass is 9.85. The van der Waals surface area contributed by atoms with Crippen LogP contribution in [0.3, 0.4) is 0 Å². The average Bonchev–Trinajstić information content (AvgIpc) is 3.47. The lowest BCUT2D eigenvalue weighted by molar-refractivity contribution is -0.124. The monoisotopic (exact) mass is 464 g/mol. The van der Waals surface area contributed by atoms with Crippen LogP contribution in [0.4, 0.5) is 5.69 Å². The van der Waals surface area contributed by atoms with Gasteiger partial charge in [0.2, 0.25) is 5.91 Å². The fourth-order valence-corrected chi connectivity index (χ4v) is 5.46. The standard InChI is InChI=1S/C26H36N6O2/c1-5-18-7-8-20-19(14-18)24(30-29-20)25-27-21-13-16(3)23(15-22(21)28-25)32(6-2)26(33)17(4)31-9-11-34-12-10-31/h13,15,17-18H,5-12,14H2,1-4H3,(H,27,28)(H,29,30)/t17-,18-/m0/s1. The summed E-state index contributed by atoms with van der Waals surface area (Å²) in [7, 11) is 0. The molecule has 8 heteroatoms. The highest BCUT2D eigenvalue weighted by Gasteiger charge is 2.29. The van der Waals surface area contributed by atoms with Crippen LogP contribution >= 0.6 is 0 Å². The van der Waals surface area contributed by atoms with E-state index >= 15 is 0 Å². The van der Waals surface area contributed by atoms with Gasteiger partial charge in [-0.05, 0) is 63.6 Å². The Bertz CT molecular complexity index is 1180. The highest BCUT2D eigenvalue weighted by Crippen LogP contribution is 2.34. The first-order chi connectivity index (χ1) is 16.5. The zero-order valence-electron chi connectivity index (χ0n) is 20.8. The van der Waals surface area contributed by atoms with Gasteiger partial charge in [-0.1, -0.05) is 13.3 Å². The maximum Gasteiger partial charge on any atom is 0.244 e. The number of rotatable bonds is 6. The topological polar surface area (TPSA) is 90.1 Å². The number of nitrogens with zero attached hydrogens (tertiary/aromatic N) is 4. The first-order valence-corrected chi connectivity index (χ1v) is 12.7. The van der Waals surface area contributed by atoms with E-state index in [1.807, 2.05) is 24.8 Å². The van der Waals surface area contributed by atoms with Crippen LogP contribution in [0.5, 0.6) is 0 Å². The molecule has 182 valence electrons. The van der Waals surface area contributed by atoms with E-state index in [4.69, 9.17) is 9.72 Å². The van der Waals surface area contributed by atoms with E-state index < -0.39 is 0 Å². The van der Waals surface area contributed by atoms with Gasteiger partial charge in [-0.25, -0.2) is 4.98 Å². The van der Waals surface area contributed by atoms with E-state index in [0.717, 1.165) is 59.7 Å². The number of hydrogen-bond acceptors (Lipinski definition) is 5. The van der Waals surface area contributed by atoms with Gasteiger partial charge in [0.05, 0.1) is 30.3 Å². The largest absolute Gasteiger partial charge is 0.379 e. The van der Waals surface area contributed by atoms with Crippen LogP contribution < -0.4 is 4.90 Å². The van der Waals surface area contributed by atoms with E-state index in [0.29, 0.717) is 25.7 Å². The molecule has 2 atom stereocenters. The molecule has 3 aromatic rings. The Labute approximate surface area is 201 Å². The average molecular weight is 465 g/mol. The summed E-state index contributed by atoms with van der Waals surface area (Å²) in [6.45, 7) is 11.9.